The van der Waals surface area contributed by atoms with Crippen molar-refractivity contribution in [3.8, 4) is 17.0 Å². The highest BCUT2D eigenvalue weighted by atomic mass is 32.1. The first-order valence-electron chi connectivity index (χ1n) is 8.58. The molecule has 2 aromatic carbocycles. The van der Waals surface area contributed by atoms with Gasteiger partial charge in [-0.25, -0.2) is 9.31 Å². The van der Waals surface area contributed by atoms with Crippen molar-refractivity contribution in [2.45, 2.75) is 0 Å². The van der Waals surface area contributed by atoms with Crippen LogP contribution in [-0.4, -0.2) is 40.7 Å². The van der Waals surface area contributed by atoms with Crippen LogP contribution in [0.25, 0.3) is 16.2 Å². The maximum absolute atomic E-state index is 12.6. The summed E-state index contributed by atoms with van der Waals surface area (Å²) in [6.07, 6.45) is 0. The van der Waals surface area contributed by atoms with Crippen LogP contribution in [0.15, 0.2) is 53.9 Å². The smallest absolute Gasteiger partial charge is 0.337 e. The quantitative estimate of drug-likeness (QED) is 0.508. The van der Waals surface area contributed by atoms with Gasteiger partial charge in [0.2, 0.25) is 4.96 Å². The van der Waals surface area contributed by atoms with E-state index in [2.05, 4.69) is 20.1 Å². The lowest BCUT2D eigenvalue weighted by Gasteiger charge is -2.06. The second kappa shape index (κ2) is 7.72. The number of carbonyl (C=O) groups is 2. The predicted octanol–water partition coefficient (Wildman–Crippen LogP) is 3.51. The third kappa shape index (κ3) is 3.55. The van der Waals surface area contributed by atoms with Crippen molar-refractivity contribution in [2.75, 3.05) is 19.5 Å². The second-order valence-electron chi connectivity index (χ2n) is 5.98. The number of nitrogens with one attached hydrogen (secondary N) is 1. The van der Waals surface area contributed by atoms with Gasteiger partial charge in [0.15, 0.2) is 0 Å². The van der Waals surface area contributed by atoms with E-state index in [9.17, 15) is 9.59 Å². The summed E-state index contributed by atoms with van der Waals surface area (Å²) in [4.78, 5) is 29.2. The number of rotatable bonds is 5. The summed E-state index contributed by atoms with van der Waals surface area (Å²) in [7, 11) is 2.90. The number of nitrogens with zero attached hydrogens (tertiary/aromatic N) is 3. The molecule has 0 radical (unpaired) electrons. The Bertz CT molecular complexity index is 1210. The van der Waals surface area contributed by atoms with Gasteiger partial charge in [0.25, 0.3) is 11.9 Å². The van der Waals surface area contributed by atoms with Crippen molar-refractivity contribution >= 4 is 34.1 Å². The minimum absolute atomic E-state index is 0.168. The third-order valence-electron chi connectivity index (χ3n) is 4.24. The van der Waals surface area contributed by atoms with Gasteiger partial charge in [-0.2, -0.15) is 4.98 Å². The van der Waals surface area contributed by atoms with Gasteiger partial charge in [-0.1, -0.05) is 18.2 Å². The molecule has 0 saturated carbocycles. The Morgan fingerprint density at radius 1 is 1.07 bits per heavy atom. The summed E-state index contributed by atoms with van der Waals surface area (Å²) in [5.74, 6) is -0.0519. The van der Waals surface area contributed by atoms with E-state index in [1.807, 2.05) is 29.6 Å². The SMILES string of the molecule is COC(=O)c1cccc(C(=O)Nc2nc3scc(-c4ccccc4OC)n3n2)c1. The zero-order valence-electron chi connectivity index (χ0n) is 15.6. The van der Waals surface area contributed by atoms with E-state index >= 15 is 0 Å². The average Bonchev–Trinajstić information content (AvgIpc) is 3.33. The van der Waals surface area contributed by atoms with Gasteiger partial charge in [-0.15, -0.1) is 16.4 Å². The van der Waals surface area contributed by atoms with Crippen LogP contribution in [0.3, 0.4) is 0 Å². The zero-order chi connectivity index (χ0) is 20.4. The van der Waals surface area contributed by atoms with Crippen molar-refractivity contribution in [1.29, 1.82) is 0 Å². The van der Waals surface area contributed by atoms with Crippen LogP contribution in [0.1, 0.15) is 20.7 Å². The number of ether oxygens (including phenoxy) is 2. The summed E-state index contributed by atoms with van der Waals surface area (Å²) < 4.78 is 11.8. The number of benzene rings is 2. The molecule has 0 atom stereocenters. The third-order valence-corrected chi connectivity index (χ3v) is 5.05. The predicted molar refractivity (Wildman–Crippen MR) is 109 cm³/mol. The van der Waals surface area contributed by atoms with Gasteiger partial charge in [-0.05, 0) is 30.3 Å². The molecule has 0 fully saturated rings. The molecular weight excluding hydrogens is 392 g/mol. The molecule has 0 saturated heterocycles. The van der Waals surface area contributed by atoms with E-state index in [0.29, 0.717) is 16.3 Å². The molecule has 146 valence electrons. The molecule has 2 aromatic heterocycles. The fraction of sp³-hybridized carbons (Fsp3) is 0.100. The Hall–Kier alpha value is -3.72. The van der Waals surface area contributed by atoms with Crippen LogP contribution in [0, 0.1) is 0 Å². The Kier molecular flexibility index (Phi) is 4.96. The highest BCUT2D eigenvalue weighted by Crippen LogP contribution is 2.32. The normalized spacial score (nSPS) is 10.7. The van der Waals surface area contributed by atoms with Gasteiger partial charge in [0.1, 0.15) is 5.75 Å². The van der Waals surface area contributed by atoms with Crippen molar-refractivity contribution in [3.05, 3.63) is 65.0 Å². The fourth-order valence-corrected chi connectivity index (χ4v) is 3.68. The Labute approximate surface area is 169 Å². The van der Waals surface area contributed by atoms with Gasteiger partial charge in [0, 0.05) is 16.5 Å². The second-order valence-corrected chi connectivity index (χ2v) is 6.81. The van der Waals surface area contributed by atoms with E-state index in [-0.39, 0.29) is 11.5 Å². The van der Waals surface area contributed by atoms with E-state index in [1.165, 1.54) is 24.5 Å². The van der Waals surface area contributed by atoms with Gasteiger partial charge in [-0.3, -0.25) is 10.1 Å². The lowest BCUT2D eigenvalue weighted by atomic mass is 10.1. The Morgan fingerprint density at radius 3 is 2.66 bits per heavy atom. The van der Waals surface area contributed by atoms with Crippen LogP contribution in [0.4, 0.5) is 5.95 Å². The first kappa shape index (κ1) is 18.6. The Morgan fingerprint density at radius 2 is 1.86 bits per heavy atom. The molecule has 0 aliphatic rings. The molecule has 0 bridgehead atoms. The van der Waals surface area contributed by atoms with Gasteiger partial charge >= 0.3 is 5.97 Å². The Balaban J connectivity index is 1.62. The molecule has 4 rings (SSSR count). The number of fused-ring (bicyclic) bond motifs is 1. The van der Waals surface area contributed by atoms with Gasteiger partial charge in [0.05, 0.1) is 25.5 Å². The number of para-hydroxylation sites is 1. The van der Waals surface area contributed by atoms with Crippen LogP contribution in [0.5, 0.6) is 5.75 Å². The highest BCUT2D eigenvalue weighted by molar-refractivity contribution is 7.15. The lowest BCUT2D eigenvalue weighted by molar-refractivity contribution is 0.0600. The monoisotopic (exact) mass is 408 g/mol. The fourth-order valence-electron chi connectivity index (χ4n) is 2.86. The number of hydrogen-bond donors (Lipinski definition) is 1. The van der Waals surface area contributed by atoms with Crippen LogP contribution in [0.2, 0.25) is 0 Å². The number of esters is 1. The molecule has 2 heterocycles. The summed E-state index contributed by atoms with van der Waals surface area (Å²) in [6, 6.07) is 13.8. The summed E-state index contributed by atoms with van der Waals surface area (Å²) >= 11 is 1.40. The largest absolute Gasteiger partial charge is 0.496 e. The summed E-state index contributed by atoms with van der Waals surface area (Å²) in [5, 5.41) is 9.00. The molecule has 1 amide bonds. The van der Waals surface area contributed by atoms with E-state index in [1.54, 1.807) is 29.8 Å². The first-order chi connectivity index (χ1) is 14.1. The first-order valence-corrected chi connectivity index (χ1v) is 9.46. The number of carbonyl (C=O) groups excluding carboxylic acids is 2. The molecule has 4 aromatic rings. The van der Waals surface area contributed by atoms with Gasteiger partial charge < -0.3 is 9.47 Å². The van der Waals surface area contributed by atoms with Crippen LogP contribution >= 0.6 is 11.3 Å². The van der Waals surface area contributed by atoms with Crippen molar-refractivity contribution in [2.24, 2.45) is 0 Å². The molecule has 29 heavy (non-hydrogen) atoms. The molecule has 8 nitrogen and oxygen atoms in total. The summed E-state index contributed by atoms with van der Waals surface area (Å²) in [5.41, 5.74) is 2.27. The van der Waals surface area contributed by atoms with E-state index < -0.39 is 11.9 Å². The topological polar surface area (TPSA) is 94.8 Å². The molecule has 0 spiro atoms. The standard InChI is InChI=1S/C20H16N4O4S/c1-27-16-9-4-3-8-14(16)15-11-29-20-22-19(23-24(15)20)21-17(25)12-6-5-7-13(10-12)18(26)28-2/h3-11H,1-2H3,(H,21,23,25). The molecule has 0 aliphatic heterocycles. The van der Waals surface area contributed by atoms with Crippen LogP contribution < -0.4 is 10.1 Å². The molecule has 0 aliphatic carbocycles. The number of aromatic nitrogens is 3. The average molecular weight is 408 g/mol. The number of anilines is 1. The zero-order valence-corrected chi connectivity index (χ0v) is 16.4. The number of thiazole rings is 1. The minimum atomic E-state index is -0.512. The lowest BCUT2D eigenvalue weighted by Crippen LogP contribution is -2.14. The summed E-state index contributed by atoms with van der Waals surface area (Å²) in [6.45, 7) is 0. The maximum atomic E-state index is 12.6. The van der Waals surface area contributed by atoms with Crippen molar-refractivity contribution < 1.29 is 19.1 Å². The molecule has 0 unspecified atom stereocenters. The molecular formula is C20H16N4O4S. The minimum Gasteiger partial charge on any atom is -0.496 e. The van der Waals surface area contributed by atoms with Crippen LogP contribution in [-0.2, 0) is 4.74 Å². The molecule has 1 N–H and O–H groups in total. The van der Waals surface area contributed by atoms with E-state index in [4.69, 9.17) is 4.74 Å². The number of amides is 1. The highest BCUT2D eigenvalue weighted by Gasteiger charge is 2.17. The number of methoxy groups -OCH3 is 2. The van der Waals surface area contributed by atoms with Crippen molar-refractivity contribution in [1.82, 2.24) is 14.6 Å². The maximum Gasteiger partial charge on any atom is 0.337 e. The van der Waals surface area contributed by atoms with E-state index in [0.717, 1.165) is 11.3 Å². The number of hydrogen-bond acceptors (Lipinski definition) is 7. The molecule has 9 heteroatoms. The van der Waals surface area contributed by atoms with Crippen molar-refractivity contribution in [3.63, 3.8) is 0 Å².